The third kappa shape index (κ3) is 8.62. The number of hydrogen-bond acceptors (Lipinski definition) is 6. The molecule has 7 nitrogen and oxygen atoms in total. The summed E-state index contributed by atoms with van der Waals surface area (Å²) < 4.78 is 11.5. The second-order valence-corrected chi connectivity index (χ2v) is 8.85. The monoisotopic (exact) mass is 490 g/mol. The average molecular weight is 491 g/mol. The Morgan fingerprint density at radius 1 is 1.31 bits per heavy atom. The summed E-state index contributed by atoms with van der Waals surface area (Å²) in [5.41, 5.74) is 0.690. The third-order valence-electron chi connectivity index (χ3n) is 6.20. The molecule has 0 spiro atoms. The van der Waals surface area contributed by atoms with Crippen LogP contribution in [0.4, 0.5) is 0 Å². The fraction of sp³-hybridized carbons (Fsp3) is 0.448. The number of unbranched alkanes of at least 4 members (excludes halogenated alkanes) is 2. The summed E-state index contributed by atoms with van der Waals surface area (Å²) in [5.74, 6) is 0.462. The fourth-order valence-electron chi connectivity index (χ4n) is 3.95. The van der Waals surface area contributed by atoms with Crippen LogP contribution in [0.3, 0.4) is 0 Å². The van der Waals surface area contributed by atoms with Crippen LogP contribution in [0.15, 0.2) is 57.5 Å². The number of nitrogens with one attached hydrogen (secondary N) is 1. The van der Waals surface area contributed by atoms with Crippen LogP contribution in [0.25, 0.3) is 12.7 Å². The maximum atomic E-state index is 12.2. The van der Waals surface area contributed by atoms with Gasteiger partial charge in [0, 0.05) is 20.5 Å². The number of nitriles is 1. The van der Waals surface area contributed by atoms with Crippen molar-refractivity contribution in [3.05, 3.63) is 58.0 Å². The molecular formula is C29H38N4O3. The van der Waals surface area contributed by atoms with Crippen molar-refractivity contribution in [2.45, 2.75) is 64.1 Å². The largest absolute Gasteiger partial charge is 0.463 e. The molecule has 192 valence electrons. The van der Waals surface area contributed by atoms with Gasteiger partial charge >= 0.3 is 5.97 Å². The lowest BCUT2D eigenvalue weighted by atomic mass is 9.92. The standard InChI is InChI=1S/C29H38N4O3/c1-22-11-9-10-13-25(22)12-7-6-8-14-27(34)35-19-26-17-18-29(20-30,36-26)24(3)16-15-23(2)28(32-5)33-21-31-4/h9-13,15-16,21,26H,1,6-8,14,17-19H2,2-5H3,(H,31,32,33)/b23-15+,24-16+,25-12-. The zero-order valence-electron chi connectivity index (χ0n) is 21.9. The molecule has 1 heterocycles. The van der Waals surface area contributed by atoms with E-state index < -0.39 is 5.60 Å². The van der Waals surface area contributed by atoms with Crippen LogP contribution in [0.1, 0.15) is 52.4 Å². The van der Waals surface area contributed by atoms with Gasteiger partial charge in [0.05, 0.1) is 12.4 Å². The maximum Gasteiger partial charge on any atom is 0.305 e. The lowest BCUT2D eigenvalue weighted by Crippen LogP contribution is -2.30. The first-order chi connectivity index (χ1) is 17.3. The van der Waals surface area contributed by atoms with Gasteiger partial charge in [0.2, 0.25) is 0 Å². The van der Waals surface area contributed by atoms with E-state index in [0.717, 1.165) is 40.8 Å². The van der Waals surface area contributed by atoms with Gasteiger partial charge in [-0.3, -0.25) is 14.8 Å². The molecule has 2 atom stereocenters. The normalized spacial score (nSPS) is 21.6. The van der Waals surface area contributed by atoms with E-state index in [1.807, 2.05) is 50.3 Å². The van der Waals surface area contributed by atoms with Gasteiger partial charge in [0.15, 0.2) is 5.60 Å². The Morgan fingerprint density at radius 2 is 2.08 bits per heavy atom. The van der Waals surface area contributed by atoms with Gasteiger partial charge in [-0.2, -0.15) is 5.26 Å². The molecule has 1 N–H and O–H groups in total. The predicted octanol–water partition coefficient (Wildman–Crippen LogP) is 3.59. The van der Waals surface area contributed by atoms with Crippen LogP contribution < -0.4 is 15.8 Å². The number of nitrogens with zero attached hydrogens (tertiary/aromatic N) is 3. The minimum absolute atomic E-state index is 0.165. The van der Waals surface area contributed by atoms with Crippen LogP contribution >= 0.6 is 0 Å². The number of aliphatic imine (C=N–C) groups is 2. The molecule has 2 unspecified atom stereocenters. The van der Waals surface area contributed by atoms with Crippen molar-refractivity contribution >= 4 is 30.8 Å². The third-order valence-corrected chi connectivity index (χ3v) is 6.20. The SMILES string of the molecule is C=c1cccc/c1=C/CCCCC(=O)OCC1CCC(C#N)(/C(C)=C/C=C(\C)C(=NC)NC=NC)O1. The van der Waals surface area contributed by atoms with E-state index in [4.69, 9.17) is 9.47 Å². The maximum absolute atomic E-state index is 12.2. The van der Waals surface area contributed by atoms with Crippen LogP contribution in [0.2, 0.25) is 0 Å². The van der Waals surface area contributed by atoms with Gasteiger partial charge in [-0.05, 0) is 67.5 Å². The Labute approximate surface area is 214 Å². The van der Waals surface area contributed by atoms with Gasteiger partial charge in [-0.1, -0.05) is 49.1 Å². The molecule has 0 saturated carbocycles. The van der Waals surface area contributed by atoms with Gasteiger partial charge in [-0.25, -0.2) is 0 Å². The molecule has 1 aromatic carbocycles. The highest BCUT2D eigenvalue weighted by Crippen LogP contribution is 2.36. The highest BCUT2D eigenvalue weighted by molar-refractivity contribution is 6.03. The van der Waals surface area contributed by atoms with Crippen molar-refractivity contribution in [1.82, 2.24) is 5.32 Å². The van der Waals surface area contributed by atoms with Gasteiger partial charge in [0.25, 0.3) is 0 Å². The highest BCUT2D eigenvalue weighted by Gasteiger charge is 2.42. The van der Waals surface area contributed by atoms with E-state index in [-0.39, 0.29) is 18.7 Å². The average Bonchev–Trinajstić information content (AvgIpc) is 3.32. The molecule has 1 aliphatic heterocycles. The molecule has 0 radical (unpaired) electrons. The summed E-state index contributed by atoms with van der Waals surface area (Å²) >= 11 is 0. The van der Waals surface area contributed by atoms with E-state index in [1.54, 1.807) is 20.4 Å². The highest BCUT2D eigenvalue weighted by atomic mass is 16.6. The van der Waals surface area contributed by atoms with Crippen LogP contribution in [0, 0.1) is 11.3 Å². The zero-order valence-corrected chi connectivity index (χ0v) is 21.9. The Bertz CT molecular complexity index is 1160. The first-order valence-electron chi connectivity index (χ1n) is 12.3. The van der Waals surface area contributed by atoms with Crippen LogP contribution in [-0.2, 0) is 14.3 Å². The molecule has 1 saturated heterocycles. The summed E-state index contributed by atoms with van der Waals surface area (Å²) in [5, 5.41) is 15.0. The molecule has 7 heteroatoms. The number of carbonyl (C=O) groups excluding carboxylic acids is 1. The molecular weight excluding hydrogens is 452 g/mol. The number of carbonyl (C=O) groups is 1. The molecule has 1 fully saturated rings. The summed E-state index contributed by atoms with van der Waals surface area (Å²) in [7, 11) is 3.38. The molecule has 2 rings (SSSR count). The lowest BCUT2D eigenvalue weighted by molar-refractivity contribution is -0.148. The van der Waals surface area contributed by atoms with Crippen LogP contribution in [-0.4, -0.2) is 50.6 Å². The van der Waals surface area contributed by atoms with E-state index in [1.165, 1.54) is 0 Å². The van der Waals surface area contributed by atoms with E-state index >= 15 is 0 Å². The Hall–Kier alpha value is -3.50. The number of ether oxygens (including phenoxy) is 2. The van der Waals surface area contributed by atoms with E-state index in [0.29, 0.717) is 25.1 Å². The summed E-state index contributed by atoms with van der Waals surface area (Å²) in [6.45, 7) is 8.00. The minimum Gasteiger partial charge on any atom is -0.463 e. The van der Waals surface area contributed by atoms with Crippen molar-refractivity contribution in [3.8, 4) is 6.07 Å². The molecule has 36 heavy (non-hydrogen) atoms. The van der Waals surface area contributed by atoms with Crippen molar-refractivity contribution in [1.29, 1.82) is 5.26 Å². The van der Waals surface area contributed by atoms with E-state index in [2.05, 4.69) is 34.0 Å². The smallest absolute Gasteiger partial charge is 0.305 e. The molecule has 0 amide bonds. The Balaban J connectivity index is 1.81. The molecule has 0 bridgehead atoms. The topological polar surface area (TPSA) is 96.1 Å². The quantitative estimate of drug-likeness (QED) is 0.168. The first-order valence-corrected chi connectivity index (χ1v) is 12.3. The zero-order chi connectivity index (χ0) is 26.4. The van der Waals surface area contributed by atoms with Crippen molar-refractivity contribution in [2.24, 2.45) is 9.98 Å². The Morgan fingerprint density at radius 3 is 2.78 bits per heavy atom. The number of esters is 1. The molecule has 1 aliphatic rings. The number of hydrogen-bond donors (Lipinski definition) is 1. The van der Waals surface area contributed by atoms with Crippen molar-refractivity contribution in [2.75, 3.05) is 20.7 Å². The summed E-state index contributed by atoms with van der Waals surface area (Å²) in [6, 6.07) is 10.3. The number of allylic oxidation sites excluding steroid dienone is 2. The predicted molar refractivity (Wildman–Crippen MR) is 146 cm³/mol. The second-order valence-electron chi connectivity index (χ2n) is 8.85. The second kappa shape index (κ2) is 14.8. The lowest BCUT2D eigenvalue weighted by Gasteiger charge is -2.23. The van der Waals surface area contributed by atoms with Gasteiger partial charge < -0.3 is 14.8 Å². The van der Waals surface area contributed by atoms with Gasteiger partial charge in [-0.15, -0.1) is 0 Å². The molecule has 1 aromatic rings. The minimum atomic E-state index is -1.02. The summed E-state index contributed by atoms with van der Waals surface area (Å²) in [4.78, 5) is 20.3. The summed E-state index contributed by atoms with van der Waals surface area (Å²) in [6.07, 6.45) is 11.4. The van der Waals surface area contributed by atoms with Gasteiger partial charge in [0.1, 0.15) is 18.5 Å². The fourth-order valence-corrected chi connectivity index (χ4v) is 3.95. The van der Waals surface area contributed by atoms with Crippen molar-refractivity contribution in [3.63, 3.8) is 0 Å². The number of amidine groups is 1. The van der Waals surface area contributed by atoms with Crippen molar-refractivity contribution < 1.29 is 14.3 Å². The number of benzene rings is 1. The molecule has 0 aromatic heterocycles. The Kier molecular flexibility index (Phi) is 11.8. The molecule has 0 aliphatic carbocycles. The van der Waals surface area contributed by atoms with Crippen LogP contribution in [0.5, 0.6) is 0 Å². The first kappa shape index (κ1) is 28.7. The number of rotatable bonds is 11. The van der Waals surface area contributed by atoms with E-state index in [9.17, 15) is 10.1 Å².